The number of nitrogens with zero attached hydrogens (tertiary/aromatic N) is 1. The van der Waals surface area contributed by atoms with E-state index in [2.05, 4.69) is 10.6 Å². The van der Waals surface area contributed by atoms with Gasteiger partial charge in [0.2, 0.25) is 11.8 Å². The van der Waals surface area contributed by atoms with E-state index in [-0.39, 0.29) is 36.7 Å². The summed E-state index contributed by atoms with van der Waals surface area (Å²) < 4.78 is 5.32. The van der Waals surface area contributed by atoms with Gasteiger partial charge in [-0.2, -0.15) is 0 Å². The summed E-state index contributed by atoms with van der Waals surface area (Å²) in [5.74, 6) is -0.0405. The molecule has 0 radical (unpaired) electrons. The highest BCUT2D eigenvalue weighted by atomic mass is 16.5. The van der Waals surface area contributed by atoms with Crippen molar-refractivity contribution in [1.29, 1.82) is 0 Å². The molecule has 1 aliphatic heterocycles. The van der Waals surface area contributed by atoms with Crippen LogP contribution in [0.1, 0.15) is 13.3 Å². The summed E-state index contributed by atoms with van der Waals surface area (Å²) in [5.41, 5.74) is 0. The fourth-order valence-corrected chi connectivity index (χ4v) is 2.50. The third kappa shape index (κ3) is 5.26. The highest BCUT2D eigenvalue weighted by molar-refractivity contribution is 5.89. The first kappa shape index (κ1) is 17.8. The third-order valence-electron chi connectivity index (χ3n) is 3.83. The van der Waals surface area contributed by atoms with Crippen molar-refractivity contribution in [3.63, 3.8) is 0 Å². The van der Waals surface area contributed by atoms with E-state index >= 15 is 0 Å². The lowest BCUT2D eigenvalue weighted by Crippen LogP contribution is -2.39. The van der Waals surface area contributed by atoms with E-state index in [1.807, 2.05) is 25.1 Å². The van der Waals surface area contributed by atoms with E-state index in [9.17, 15) is 14.4 Å². The topological polar surface area (TPSA) is 87.7 Å². The van der Waals surface area contributed by atoms with Crippen LogP contribution in [0.4, 0.5) is 0 Å². The van der Waals surface area contributed by atoms with Crippen molar-refractivity contribution >= 4 is 17.7 Å². The molecule has 0 aromatic heterocycles. The summed E-state index contributed by atoms with van der Waals surface area (Å²) in [6.45, 7) is 3.57. The lowest BCUT2D eigenvalue weighted by atomic mass is 10.1. The number of ether oxygens (including phenoxy) is 1. The molecule has 1 fully saturated rings. The first-order valence-electron chi connectivity index (χ1n) is 8.10. The smallest absolute Gasteiger partial charge is 0.258 e. The number of likely N-dealkylation sites (tertiary alicyclic amines) is 1. The molecule has 24 heavy (non-hydrogen) atoms. The van der Waals surface area contributed by atoms with Gasteiger partial charge in [0.15, 0.2) is 6.61 Å². The Morgan fingerprint density at radius 3 is 2.58 bits per heavy atom. The maximum absolute atomic E-state index is 12.0. The summed E-state index contributed by atoms with van der Waals surface area (Å²) in [7, 11) is 0. The van der Waals surface area contributed by atoms with Gasteiger partial charge in [0, 0.05) is 32.6 Å². The number of hydrogen-bond acceptors (Lipinski definition) is 4. The Bertz CT molecular complexity index is 576. The molecule has 7 heteroatoms. The van der Waals surface area contributed by atoms with Gasteiger partial charge < -0.3 is 20.3 Å². The van der Waals surface area contributed by atoms with Crippen LogP contribution in [0, 0.1) is 5.92 Å². The molecule has 0 bridgehead atoms. The monoisotopic (exact) mass is 333 g/mol. The number of hydrogen-bond donors (Lipinski definition) is 2. The molecule has 130 valence electrons. The number of carbonyl (C=O) groups is 3. The molecule has 3 amide bonds. The van der Waals surface area contributed by atoms with Crippen molar-refractivity contribution in [3.05, 3.63) is 30.3 Å². The lowest BCUT2D eigenvalue weighted by molar-refractivity contribution is -0.128. The number of nitrogens with one attached hydrogen (secondary N) is 2. The van der Waals surface area contributed by atoms with Gasteiger partial charge in [0.25, 0.3) is 5.91 Å². The molecule has 1 heterocycles. The first-order chi connectivity index (χ1) is 11.6. The van der Waals surface area contributed by atoms with Crippen LogP contribution in [0.15, 0.2) is 30.3 Å². The minimum absolute atomic E-state index is 0.0176. The zero-order chi connectivity index (χ0) is 17.4. The summed E-state index contributed by atoms with van der Waals surface area (Å²) >= 11 is 0. The maximum Gasteiger partial charge on any atom is 0.258 e. The Hall–Kier alpha value is -2.57. The fraction of sp³-hybridized carbons (Fsp3) is 0.471. The summed E-state index contributed by atoms with van der Waals surface area (Å²) in [6, 6.07) is 9.08. The van der Waals surface area contributed by atoms with Gasteiger partial charge >= 0.3 is 0 Å². The Morgan fingerprint density at radius 1 is 1.21 bits per heavy atom. The molecule has 1 saturated heterocycles. The van der Waals surface area contributed by atoms with E-state index in [1.165, 1.54) is 0 Å². The van der Waals surface area contributed by atoms with Crippen LogP contribution in [0.2, 0.25) is 0 Å². The highest BCUT2D eigenvalue weighted by Gasteiger charge is 2.32. The molecule has 0 spiro atoms. The highest BCUT2D eigenvalue weighted by Crippen LogP contribution is 2.17. The summed E-state index contributed by atoms with van der Waals surface area (Å²) in [4.78, 5) is 36.9. The van der Waals surface area contributed by atoms with Crippen molar-refractivity contribution in [3.8, 4) is 5.75 Å². The van der Waals surface area contributed by atoms with E-state index in [0.717, 1.165) is 0 Å². The largest absolute Gasteiger partial charge is 0.484 e. The van der Waals surface area contributed by atoms with Crippen LogP contribution < -0.4 is 15.4 Å². The summed E-state index contributed by atoms with van der Waals surface area (Å²) in [6.07, 6.45) is 0.261. The Kier molecular flexibility index (Phi) is 6.60. The average Bonchev–Trinajstić information content (AvgIpc) is 2.98. The number of carbonyl (C=O) groups excluding carboxylic acids is 3. The van der Waals surface area contributed by atoms with Crippen molar-refractivity contribution < 1.29 is 19.1 Å². The van der Waals surface area contributed by atoms with Gasteiger partial charge in [-0.05, 0) is 19.1 Å². The minimum Gasteiger partial charge on any atom is -0.484 e. The third-order valence-corrected chi connectivity index (χ3v) is 3.83. The molecule has 1 unspecified atom stereocenters. The second-order valence-electron chi connectivity index (χ2n) is 5.58. The van der Waals surface area contributed by atoms with Crippen LogP contribution in [0.3, 0.4) is 0 Å². The normalized spacial score (nSPS) is 16.8. The molecule has 1 aromatic rings. The second-order valence-corrected chi connectivity index (χ2v) is 5.58. The van der Waals surface area contributed by atoms with E-state index in [0.29, 0.717) is 31.9 Å². The zero-order valence-electron chi connectivity index (χ0n) is 13.8. The maximum atomic E-state index is 12.0. The van der Waals surface area contributed by atoms with Gasteiger partial charge in [0.1, 0.15) is 5.75 Å². The molecule has 7 nitrogen and oxygen atoms in total. The fourth-order valence-electron chi connectivity index (χ4n) is 2.50. The Morgan fingerprint density at radius 2 is 1.92 bits per heavy atom. The van der Waals surface area contributed by atoms with Crippen LogP contribution in [0.5, 0.6) is 5.75 Å². The molecule has 0 saturated carbocycles. The molecule has 0 aliphatic carbocycles. The number of para-hydroxylation sites is 1. The molecule has 2 N–H and O–H groups in total. The Balaban J connectivity index is 1.58. The molecule has 1 aliphatic rings. The standard InChI is InChI=1S/C17H23N3O4/c1-2-20-11-13(10-16(20)22)17(23)19-9-8-18-15(21)12-24-14-6-4-3-5-7-14/h3-7,13H,2,8-12H2,1H3,(H,18,21)(H,19,23). The van der Waals surface area contributed by atoms with Crippen LogP contribution >= 0.6 is 0 Å². The predicted molar refractivity (Wildman–Crippen MR) is 88.3 cm³/mol. The van der Waals surface area contributed by atoms with Gasteiger partial charge in [0.05, 0.1) is 5.92 Å². The van der Waals surface area contributed by atoms with Gasteiger partial charge in [-0.1, -0.05) is 18.2 Å². The van der Waals surface area contributed by atoms with Crippen molar-refractivity contribution in [2.75, 3.05) is 32.8 Å². The first-order valence-corrected chi connectivity index (χ1v) is 8.10. The quantitative estimate of drug-likeness (QED) is 0.664. The number of rotatable bonds is 8. The van der Waals surface area contributed by atoms with Crippen molar-refractivity contribution in [1.82, 2.24) is 15.5 Å². The summed E-state index contributed by atoms with van der Waals surface area (Å²) in [5, 5.41) is 5.42. The van der Waals surface area contributed by atoms with Crippen molar-refractivity contribution in [2.45, 2.75) is 13.3 Å². The van der Waals surface area contributed by atoms with E-state index in [4.69, 9.17) is 4.74 Å². The van der Waals surface area contributed by atoms with Crippen molar-refractivity contribution in [2.24, 2.45) is 5.92 Å². The molecule has 1 aromatic carbocycles. The molecule has 2 rings (SSSR count). The van der Waals surface area contributed by atoms with E-state index in [1.54, 1.807) is 17.0 Å². The van der Waals surface area contributed by atoms with Crippen LogP contribution in [-0.4, -0.2) is 55.4 Å². The van der Waals surface area contributed by atoms with Gasteiger partial charge in [-0.25, -0.2) is 0 Å². The number of amides is 3. The zero-order valence-corrected chi connectivity index (χ0v) is 13.8. The molecular weight excluding hydrogens is 310 g/mol. The molecular formula is C17H23N3O4. The number of benzene rings is 1. The predicted octanol–water partition coefficient (Wildman–Crippen LogP) is 0.166. The second kappa shape index (κ2) is 8.90. The SMILES string of the molecule is CCN1CC(C(=O)NCCNC(=O)COc2ccccc2)CC1=O. The van der Waals surface area contributed by atoms with Gasteiger partial charge in [-0.15, -0.1) is 0 Å². The Labute approximate surface area is 141 Å². The van der Waals surface area contributed by atoms with Crippen LogP contribution in [0.25, 0.3) is 0 Å². The molecule has 1 atom stereocenters. The average molecular weight is 333 g/mol. The van der Waals surface area contributed by atoms with E-state index < -0.39 is 0 Å². The van der Waals surface area contributed by atoms with Gasteiger partial charge in [-0.3, -0.25) is 14.4 Å². The minimum atomic E-state index is -0.297. The lowest BCUT2D eigenvalue weighted by Gasteiger charge is -2.13. The van der Waals surface area contributed by atoms with Crippen LogP contribution in [-0.2, 0) is 14.4 Å².